The Morgan fingerprint density at radius 1 is 1.12 bits per heavy atom. The monoisotopic (exact) mass is 399 g/mol. The molecule has 1 unspecified atom stereocenters. The average molecular weight is 399 g/mol. The number of carboxylic acid groups (broad SMARTS) is 1. The van der Waals surface area contributed by atoms with E-state index in [4.69, 9.17) is 35.4 Å². The fourth-order valence-corrected chi connectivity index (χ4v) is 3.08. The van der Waals surface area contributed by atoms with Gasteiger partial charge in [-0.2, -0.15) is 0 Å². The minimum Gasteiger partial charge on any atom is -0.481 e. The van der Waals surface area contributed by atoms with Gasteiger partial charge in [0.15, 0.2) is 0 Å². The van der Waals surface area contributed by atoms with E-state index in [1.54, 1.807) is 6.92 Å². The van der Waals surface area contributed by atoms with Gasteiger partial charge in [-0.25, -0.2) is 5.09 Å². The normalized spacial score (nSPS) is 12.4. The molecule has 146 valence electrons. The highest BCUT2D eigenvalue weighted by atomic mass is 32.5. The van der Waals surface area contributed by atoms with Crippen molar-refractivity contribution in [2.75, 3.05) is 27.4 Å². The summed E-state index contributed by atoms with van der Waals surface area (Å²) in [5.74, 6) is -2.10. The predicted octanol–water partition coefficient (Wildman–Crippen LogP) is 1.60. The van der Waals surface area contributed by atoms with Crippen LogP contribution in [0.1, 0.15) is 39.0 Å². The lowest BCUT2D eigenvalue weighted by Crippen LogP contribution is -2.39. The number of ether oxygens (including phenoxy) is 2. The second-order valence-electron chi connectivity index (χ2n) is 4.93. The zero-order valence-corrected chi connectivity index (χ0v) is 16.4. The molecule has 0 aromatic carbocycles. The van der Waals surface area contributed by atoms with Gasteiger partial charge in [-0.05, 0) is 38.0 Å². The highest BCUT2D eigenvalue weighted by molar-refractivity contribution is 8.08. The first-order valence-electron chi connectivity index (χ1n) is 7.81. The molecule has 25 heavy (non-hydrogen) atoms. The maximum absolute atomic E-state index is 12.0. The van der Waals surface area contributed by atoms with Gasteiger partial charge in [-0.3, -0.25) is 14.4 Å². The number of carboxylic acids is 1. The first-order valence-corrected chi connectivity index (χ1v) is 10.4. The molecule has 9 nitrogen and oxygen atoms in total. The molecule has 0 spiro atoms. The lowest BCUT2D eigenvalue weighted by atomic mass is 10.2. The maximum atomic E-state index is 12.0. The van der Waals surface area contributed by atoms with Crippen LogP contribution in [0.2, 0.25) is 0 Å². The van der Waals surface area contributed by atoms with E-state index in [1.807, 2.05) is 0 Å². The molecule has 0 aliphatic carbocycles. The number of carbonyl (C=O) groups excluding carboxylic acids is 2. The highest BCUT2D eigenvalue weighted by Crippen LogP contribution is 2.42. The molecular weight excluding hydrogens is 373 g/mol. The van der Waals surface area contributed by atoms with Gasteiger partial charge in [0.2, 0.25) is 0 Å². The van der Waals surface area contributed by atoms with E-state index < -0.39 is 30.6 Å². The maximum Gasteiger partial charge on any atom is 0.324 e. The first-order chi connectivity index (χ1) is 11.8. The quantitative estimate of drug-likeness (QED) is 0.253. The van der Waals surface area contributed by atoms with Crippen molar-refractivity contribution in [3.8, 4) is 0 Å². The number of hydrogen-bond donors (Lipinski definition) is 2. The smallest absolute Gasteiger partial charge is 0.324 e. The third-order valence-corrected chi connectivity index (χ3v) is 5.83. The molecule has 2 N–H and O–H groups in total. The van der Waals surface area contributed by atoms with Crippen molar-refractivity contribution in [1.29, 1.82) is 0 Å². The largest absolute Gasteiger partial charge is 0.481 e. The van der Waals surface area contributed by atoms with Gasteiger partial charge in [-0.15, -0.1) is 0 Å². The molecule has 0 radical (unpaired) electrons. The van der Waals surface area contributed by atoms with Gasteiger partial charge in [0.1, 0.15) is 6.04 Å². The minimum absolute atomic E-state index is 0.0848. The van der Waals surface area contributed by atoms with E-state index in [2.05, 4.69) is 5.09 Å². The fourth-order valence-electron chi connectivity index (χ4n) is 1.76. The van der Waals surface area contributed by atoms with Crippen LogP contribution in [-0.2, 0) is 44.7 Å². The number of carbonyl (C=O) groups is 3. The molecule has 11 heteroatoms. The summed E-state index contributed by atoms with van der Waals surface area (Å²) in [6.45, 7) is -0.955. The van der Waals surface area contributed by atoms with Crippen LogP contribution in [0.15, 0.2) is 0 Å². The number of nitrogens with one attached hydrogen (secondary N) is 1. The Labute approximate surface area is 152 Å². The van der Waals surface area contributed by atoms with E-state index in [0.717, 1.165) is 0 Å². The van der Waals surface area contributed by atoms with Crippen LogP contribution in [-0.4, -0.2) is 56.5 Å². The topological polar surface area (TPSA) is 120 Å². The molecule has 0 amide bonds. The Kier molecular flexibility index (Phi) is 12.6. The lowest BCUT2D eigenvalue weighted by Gasteiger charge is -2.24. The summed E-state index contributed by atoms with van der Waals surface area (Å²) in [6.07, 6.45) is 1.50. The summed E-state index contributed by atoms with van der Waals surface area (Å²) in [7, 11) is 2.68. The zero-order valence-electron chi connectivity index (χ0n) is 14.7. The van der Waals surface area contributed by atoms with Gasteiger partial charge >= 0.3 is 17.9 Å². The Hall–Kier alpha value is -1.06. The summed E-state index contributed by atoms with van der Waals surface area (Å²) in [4.78, 5) is 34.3. The predicted molar refractivity (Wildman–Crippen MR) is 93.5 cm³/mol. The number of esters is 2. The summed E-state index contributed by atoms with van der Waals surface area (Å²) < 4.78 is 20.1. The molecular formula is C14H26NO8PS. The molecule has 0 aliphatic heterocycles. The van der Waals surface area contributed by atoms with Gasteiger partial charge in [0.05, 0.1) is 19.6 Å². The van der Waals surface area contributed by atoms with Crippen molar-refractivity contribution in [3.05, 3.63) is 0 Å². The van der Waals surface area contributed by atoms with Crippen LogP contribution >= 0.6 is 6.64 Å². The molecule has 0 rings (SSSR count). The van der Waals surface area contributed by atoms with E-state index in [-0.39, 0.29) is 26.1 Å². The molecule has 0 aromatic rings. The number of rotatable bonds is 14. The SMILES string of the molecule is CCOC(=O)C(CC(=O)OCCCCCC(=O)O)NP(=S)(OC)OC. The summed E-state index contributed by atoms with van der Waals surface area (Å²) >= 11 is 5.14. The van der Waals surface area contributed by atoms with Crippen molar-refractivity contribution < 1.29 is 38.0 Å². The highest BCUT2D eigenvalue weighted by Gasteiger charge is 2.30. The van der Waals surface area contributed by atoms with Crippen molar-refractivity contribution in [1.82, 2.24) is 5.09 Å². The standard InChI is InChI=1S/C14H26NO8PS/c1-4-22-14(19)11(15-24(25,20-2)21-3)10-13(18)23-9-7-5-6-8-12(16)17/h11H,4-10H2,1-3H3,(H,15,25)(H,16,17). The minimum atomic E-state index is -2.90. The van der Waals surface area contributed by atoms with Crippen molar-refractivity contribution in [2.24, 2.45) is 0 Å². The number of aliphatic carboxylic acids is 1. The fraction of sp³-hybridized carbons (Fsp3) is 0.786. The van der Waals surface area contributed by atoms with Crippen molar-refractivity contribution in [2.45, 2.75) is 45.1 Å². The molecule has 0 saturated heterocycles. The van der Waals surface area contributed by atoms with Crippen LogP contribution in [0, 0.1) is 0 Å². The van der Waals surface area contributed by atoms with Crippen LogP contribution in [0.5, 0.6) is 0 Å². The van der Waals surface area contributed by atoms with Crippen LogP contribution in [0.3, 0.4) is 0 Å². The molecule has 0 bridgehead atoms. The Morgan fingerprint density at radius 3 is 2.28 bits per heavy atom. The zero-order chi connectivity index (χ0) is 19.3. The van der Waals surface area contributed by atoms with E-state index >= 15 is 0 Å². The summed E-state index contributed by atoms with van der Waals surface area (Å²) in [6, 6.07) is -1.04. The van der Waals surface area contributed by atoms with Crippen molar-refractivity contribution >= 4 is 36.4 Å². The van der Waals surface area contributed by atoms with E-state index in [1.165, 1.54) is 14.2 Å². The average Bonchev–Trinajstić information content (AvgIpc) is 2.57. The molecule has 0 aliphatic rings. The van der Waals surface area contributed by atoms with Gasteiger partial charge in [0.25, 0.3) is 6.64 Å². The Bertz CT molecular complexity index is 479. The van der Waals surface area contributed by atoms with Crippen LogP contribution < -0.4 is 5.09 Å². The Morgan fingerprint density at radius 2 is 1.76 bits per heavy atom. The summed E-state index contributed by atoms with van der Waals surface area (Å²) in [5, 5.41) is 11.2. The Balaban J connectivity index is 4.44. The van der Waals surface area contributed by atoms with Gasteiger partial charge in [0, 0.05) is 20.6 Å². The second-order valence-corrected chi connectivity index (χ2v) is 8.35. The second kappa shape index (κ2) is 13.2. The lowest BCUT2D eigenvalue weighted by molar-refractivity contribution is -0.152. The molecule has 0 fully saturated rings. The van der Waals surface area contributed by atoms with Gasteiger partial charge < -0.3 is 23.6 Å². The molecule has 0 saturated carbocycles. The third kappa shape index (κ3) is 11.2. The summed E-state index contributed by atoms with van der Waals surface area (Å²) in [5.41, 5.74) is 0. The molecule has 1 atom stereocenters. The van der Waals surface area contributed by atoms with Crippen LogP contribution in [0.4, 0.5) is 0 Å². The van der Waals surface area contributed by atoms with Gasteiger partial charge in [-0.1, -0.05) is 0 Å². The van der Waals surface area contributed by atoms with E-state index in [9.17, 15) is 14.4 Å². The van der Waals surface area contributed by atoms with Crippen molar-refractivity contribution in [3.63, 3.8) is 0 Å². The van der Waals surface area contributed by atoms with E-state index in [0.29, 0.717) is 19.3 Å². The number of hydrogen-bond acceptors (Lipinski definition) is 8. The number of unbranched alkanes of at least 4 members (excludes halogenated alkanes) is 2. The third-order valence-electron chi connectivity index (χ3n) is 3.03. The molecule has 0 heterocycles. The first kappa shape index (κ1) is 23.9. The van der Waals surface area contributed by atoms with Crippen LogP contribution in [0.25, 0.3) is 0 Å². The molecule has 0 aromatic heterocycles.